The number of carbonyl (C=O) groups is 2. The number of rotatable bonds is 12. The lowest BCUT2D eigenvalue weighted by Gasteiger charge is -2.36. The molecule has 0 aliphatic carbocycles. The number of hydrogen-bond acceptors (Lipinski definition) is 5. The van der Waals surface area contributed by atoms with Crippen LogP contribution in [0.1, 0.15) is 38.7 Å². The Labute approximate surface area is 211 Å². The summed E-state index contributed by atoms with van der Waals surface area (Å²) in [6.45, 7) is 4.79. The minimum Gasteiger partial charge on any atom is -0.342 e. The van der Waals surface area contributed by atoms with Crippen molar-refractivity contribution >= 4 is 21.8 Å². The predicted octanol–water partition coefficient (Wildman–Crippen LogP) is 3.12. The number of sulfonamides is 1. The third-order valence-corrected chi connectivity index (χ3v) is 8.25. The first-order valence-electron chi connectivity index (χ1n) is 12.1. The van der Waals surface area contributed by atoms with Crippen molar-refractivity contribution < 1.29 is 27.6 Å². The molecule has 8 nitrogen and oxygen atoms in total. The van der Waals surface area contributed by atoms with Crippen LogP contribution >= 0.6 is 0 Å². The predicted molar refractivity (Wildman–Crippen MR) is 133 cm³/mol. The summed E-state index contributed by atoms with van der Waals surface area (Å²) in [4.78, 5) is 28.2. The summed E-state index contributed by atoms with van der Waals surface area (Å²) in [5.41, 5.74) is 1.74. The maximum absolute atomic E-state index is 13.7. The summed E-state index contributed by atoms with van der Waals surface area (Å²) in [7, 11) is -3.94. The molecule has 3 N–H and O–H groups in total. The second-order valence-electron chi connectivity index (χ2n) is 9.70. The fourth-order valence-corrected chi connectivity index (χ4v) is 6.18. The molecule has 0 radical (unpaired) electrons. The zero-order chi connectivity index (χ0) is 26.3. The number of nitrogens with one attached hydrogen (secondary N) is 2. The van der Waals surface area contributed by atoms with Crippen LogP contribution in [0.15, 0.2) is 59.5 Å². The summed E-state index contributed by atoms with van der Waals surface area (Å²) in [6.07, 6.45) is 1.55. The van der Waals surface area contributed by atoms with Gasteiger partial charge in [-0.15, -0.1) is 0 Å². The summed E-state index contributed by atoms with van der Waals surface area (Å²) in [5.74, 6) is -2.26. The lowest BCUT2D eigenvalue weighted by atomic mass is 9.67. The standard InChI is InChI=1S/C26H34FN3O5S/c1-19(2)18-26(14-17-30(25(26)32)16-13-20-6-4-3-5-7-20)23(24(31)29-33)12-15-28-36(34,35)22-10-8-21(27)9-11-22/h3-11,19,23,28,33H,12-18H2,1-2H3,(H,29,31)/t23-,26+/m0/s1. The van der Waals surface area contributed by atoms with E-state index in [1.54, 1.807) is 10.4 Å². The minimum atomic E-state index is -3.94. The Morgan fingerprint density at radius 3 is 2.42 bits per heavy atom. The van der Waals surface area contributed by atoms with Crippen molar-refractivity contribution in [2.75, 3.05) is 19.6 Å². The fourth-order valence-electron chi connectivity index (χ4n) is 5.13. The van der Waals surface area contributed by atoms with Gasteiger partial charge in [0.1, 0.15) is 5.82 Å². The van der Waals surface area contributed by atoms with Gasteiger partial charge in [0.05, 0.1) is 16.2 Å². The van der Waals surface area contributed by atoms with Crippen molar-refractivity contribution in [2.24, 2.45) is 17.3 Å². The highest BCUT2D eigenvalue weighted by atomic mass is 32.2. The Hall–Kier alpha value is -2.82. The fraction of sp³-hybridized carbons (Fsp3) is 0.462. The monoisotopic (exact) mass is 519 g/mol. The number of benzene rings is 2. The van der Waals surface area contributed by atoms with Crippen LogP contribution < -0.4 is 10.2 Å². The van der Waals surface area contributed by atoms with Gasteiger partial charge in [0, 0.05) is 19.6 Å². The van der Waals surface area contributed by atoms with Crippen molar-refractivity contribution in [1.29, 1.82) is 0 Å². The van der Waals surface area contributed by atoms with E-state index in [9.17, 15) is 27.6 Å². The smallest absolute Gasteiger partial charge is 0.247 e. The molecule has 3 rings (SSSR count). The van der Waals surface area contributed by atoms with Crippen LogP contribution in [0.2, 0.25) is 0 Å². The average Bonchev–Trinajstić information content (AvgIpc) is 3.16. The summed E-state index contributed by atoms with van der Waals surface area (Å²) >= 11 is 0. The SMILES string of the molecule is CC(C)C[C@@]1([C@@H](CCNS(=O)(=O)c2ccc(F)cc2)C(=O)NO)CCN(CCc2ccccc2)C1=O. The number of halogens is 1. The molecule has 1 saturated heterocycles. The number of hydrogen-bond donors (Lipinski definition) is 3. The number of amides is 2. The van der Waals surface area contributed by atoms with Crippen molar-refractivity contribution in [2.45, 2.75) is 44.4 Å². The van der Waals surface area contributed by atoms with Crippen LogP contribution in [0.25, 0.3) is 0 Å². The van der Waals surface area contributed by atoms with E-state index >= 15 is 0 Å². The van der Waals surface area contributed by atoms with E-state index < -0.39 is 33.1 Å². The lowest BCUT2D eigenvalue weighted by molar-refractivity contribution is -0.149. The van der Waals surface area contributed by atoms with Crippen molar-refractivity contribution in [3.05, 3.63) is 66.0 Å². The topological polar surface area (TPSA) is 116 Å². The van der Waals surface area contributed by atoms with Gasteiger partial charge in [-0.2, -0.15) is 0 Å². The van der Waals surface area contributed by atoms with Crippen LogP contribution in [0, 0.1) is 23.1 Å². The summed E-state index contributed by atoms with van der Waals surface area (Å²) in [5, 5.41) is 9.48. The van der Waals surface area contributed by atoms with Crippen molar-refractivity contribution in [1.82, 2.24) is 15.1 Å². The first-order valence-corrected chi connectivity index (χ1v) is 13.6. The molecule has 2 amide bonds. The molecule has 1 aliphatic rings. The molecule has 2 atom stereocenters. The molecule has 0 spiro atoms. The molecule has 2 aromatic carbocycles. The molecule has 0 saturated carbocycles. The second kappa shape index (κ2) is 11.9. The molecule has 0 unspecified atom stereocenters. The molecule has 36 heavy (non-hydrogen) atoms. The molecule has 1 fully saturated rings. The van der Waals surface area contributed by atoms with Gasteiger partial charge in [0.2, 0.25) is 21.8 Å². The number of carbonyl (C=O) groups excluding carboxylic acids is 2. The van der Waals surface area contributed by atoms with E-state index in [1.807, 2.05) is 44.2 Å². The largest absolute Gasteiger partial charge is 0.342 e. The zero-order valence-corrected chi connectivity index (χ0v) is 21.4. The number of likely N-dealkylation sites (tertiary alicyclic amines) is 1. The summed E-state index contributed by atoms with van der Waals surface area (Å²) < 4.78 is 40.9. The molecular formula is C26H34FN3O5S. The second-order valence-corrected chi connectivity index (χ2v) is 11.5. The Morgan fingerprint density at radius 2 is 1.81 bits per heavy atom. The average molecular weight is 520 g/mol. The highest BCUT2D eigenvalue weighted by molar-refractivity contribution is 7.89. The van der Waals surface area contributed by atoms with Gasteiger partial charge in [0.15, 0.2) is 0 Å². The molecule has 10 heteroatoms. The van der Waals surface area contributed by atoms with Crippen molar-refractivity contribution in [3.8, 4) is 0 Å². The van der Waals surface area contributed by atoms with Crippen LogP contribution in [-0.2, 0) is 26.0 Å². The van der Waals surface area contributed by atoms with Gasteiger partial charge in [-0.1, -0.05) is 44.2 Å². The van der Waals surface area contributed by atoms with E-state index in [2.05, 4.69) is 4.72 Å². The van der Waals surface area contributed by atoms with Gasteiger partial charge in [0.25, 0.3) is 0 Å². The molecule has 196 valence electrons. The van der Waals surface area contributed by atoms with E-state index in [0.29, 0.717) is 32.4 Å². The van der Waals surface area contributed by atoms with Gasteiger partial charge < -0.3 is 4.90 Å². The summed E-state index contributed by atoms with van der Waals surface area (Å²) in [6, 6.07) is 14.2. The van der Waals surface area contributed by atoms with Crippen LogP contribution in [0.3, 0.4) is 0 Å². The molecule has 2 aromatic rings. The van der Waals surface area contributed by atoms with Crippen LogP contribution in [-0.4, -0.2) is 50.0 Å². The molecular weight excluding hydrogens is 485 g/mol. The Balaban J connectivity index is 1.77. The third-order valence-electron chi connectivity index (χ3n) is 6.77. The maximum Gasteiger partial charge on any atom is 0.247 e. The maximum atomic E-state index is 13.7. The Morgan fingerprint density at radius 1 is 1.14 bits per heavy atom. The van der Waals surface area contributed by atoms with Gasteiger partial charge in [-0.05, 0) is 61.4 Å². The van der Waals surface area contributed by atoms with E-state index in [0.717, 1.165) is 29.8 Å². The first kappa shape index (κ1) is 27.8. The lowest BCUT2D eigenvalue weighted by Crippen LogP contribution is -2.48. The molecule has 0 aromatic heterocycles. The highest BCUT2D eigenvalue weighted by Crippen LogP contribution is 2.46. The van der Waals surface area contributed by atoms with E-state index in [4.69, 9.17) is 0 Å². The quantitative estimate of drug-likeness (QED) is 0.294. The van der Waals surface area contributed by atoms with Gasteiger partial charge >= 0.3 is 0 Å². The van der Waals surface area contributed by atoms with Crippen molar-refractivity contribution in [3.63, 3.8) is 0 Å². The minimum absolute atomic E-state index is 0.0117. The van der Waals surface area contributed by atoms with Gasteiger partial charge in [-0.25, -0.2) is 23.0 Å². The van der Waals surface area contributed by atoms with E-state index in [-0.39, 0.29) is 29.7 Å². The van der Waals surface area contributed by atoms with Crippen LogP contribution in [0.4, 0.5) is 4.39 Å². The van der Waals surface area contributed by atoms with Gasteiger partial charge in [-0.3, -0.25) is 14.8 Å². The van der Waals surface area contributed by atoms with E-state index in [1.165, 1.54) is 0 Å². The highest BCUT2D eigenvalue weighted by Gasteiger charge is 2.54. The number of nitrogens with zero attached hydrogens (tertiary/aromatic N) is 1. The molecule has 0 bridgehead atoms. The van der Waals surface area contributed by atoms with Crippen LogP contribution in [0.5, 0.6) is 0 Å². The third kappa shape index (κ3) is 6.48. The Bertz CT molecular complexity index is 1140. The first-order chi connectivity index (χ1) is 17.1. The molecule has 1 heterocycles. The number of hydroxylamine groups is 1. The zero-order valence-electron chi connectivity index (χ0n) is 20.6. The molecule has 1 aliphatic heterocycles. The Kier molecular flexibility index (Phi) is 9.21. The normalized spacial score (nSPS) is 19.0.